The average Bonchev–Trinajstić information content (AvgIpc) is 2.89. The maximum Gasteiger partial charge on any atom is 0.261 e. The van der Waals surface area contributed by atoms with Crippen molar-refractivity contribution in [3.63, 3.8) is 0 Å². The third kappa shape index (κ3) is 3.39. The zero-order valence-corrected chi connectivity index (χ0v) is 13.8. The predicted molar refractivity (Wildman–Crippen MR) is 80.3 cm³/mol. The summed E-state index contributed by atoms with van der Waals surface area (Å²) < 4.78 is 28.5. The first-order valence-corrected chi connectivity index (χ1v) is 8.93. The zero-order chi connectivity index (χ0) is 15.8. The van der Waals surface area contributed by atoms with Gasteiger partial charge in [0, 0.05) is 29.9 Å². The van der Waals surface area contributed by atoms with Crippen molar-refractivity contribution in [3.05, 3.63) is 28.8 Å². The van der Waals surface area contributed by atoms with Crippen LogP contribution in [0.5, 0.6) is 0 Å². The SMILES string of the molecule is Cc1cc(C)c(S(=O)(=O)Cl)cc1C(=O)N(C)C1CCOC1. The number of hydrogen-bond acceptors (Lipinski definition) is 4. The summed E-state index contributed by atoms with van der Waals surface area (Å²) in [5, 5.41) is 0. The van der Waals surface area contributed by atoms with Gasteiger partial charge in [-0.2, -0.15) is 0 Å². The Labute approximate surface area is 129 Å². The first-order valence-electron chi connectivity index (χ1n) is 6.62. The van der Waals surface area contributed by atoms with E-state index in [0.717, 1.165) is 12.0 Å². The summed E-state index contributed by atoms with van der Waals surface area (Å²) in [6.07, 6.45) is 0.786. The van der Waals surface area contributed by atoms with Crippen molar-refractivity contribution in [2.45, 2.75) is 31.2 Å². The van der Waals surface area contributed by atoms with Crippen LogP contribution in [0, 0.1) is 13.8 Å². The van der Waals surface area contributed by atoms with Gasteiger partial charge in [-0.25, -0.2) is 8.42 Å². The van der Waals surface area contributed by atoms with Gasteiger partial charge in [-0.05, 0) is 37.5 Å². The summed E-state index contributed by atoms with van der Waals surface area (Å²) in [6, 6.07) is 3.05. The molecule has 7 heteroatoms. The van der Waals surface area contributed by atoms with E-state index in [2.05, 4.69) is 0 Å². The summed E-state index contributed by atoms with van der Waals surface area (Å²) in [7, 11) is 3.26. The van der Waals surface area contributed by atoms with Crippen molar-refractivity contribution in [1.29, 1.82) is 0 Å². The average molecular weight is 332 g/mol. The molecule has 1 unspecified atom stereocenters. The molecule has 116 valence electrons. The molecule has 0 N–H and O–H groups in total. The first-order chi connectivity index (χ1) is 9.71. The lowest BCUT2D eigenvalue weighted by Crippen LogP contribution is -2.37. The Hall–Kier alpha value is -1.11. The van der Waals surface area contributed by atoms with Gasteiger partial charge in [0.25, 0.3) is 15.0 Å². The maximum atomic E-state index is 12.6. The molecule has 0 aliphatic carbocycles. The number of amides is 1. The lowest BCUT2D eigenvalue weighted by molar-refractivity contribution is 0.0710. The minimum atomic E-state index is -3.87. The highest BCUT2D eigenvalue weighted by atomic mass is 35.7. The van der Waals surface area contributed by atoms with Crippen LogP contribution in [0.1, 0.15) is 27.9 Å². The van der Waals surface area contributed by atoms with Crippen LogP contribution in [0.4, 0.5) is 0 Å². The molecular weight excluding hydrogens is 314 g/mol. The third-order valence-electron chi connectivity index (χ3n) is 3.79. The molecule has 1 aliphatic rings. The number of aryl methyl sites for hydroxylation is 2. The minimum Gasteiger partial charge on any atom is -0.379 e. The van der Waals surface area contributed by atoms with E-state index < -0.39 is 9.05 Å². The van der Waals surface area contributed by atoms with Crippen LogP contribution in [-0.4, -0.2) is 45.5 Å². The van der Waals surface area contributed by atoms with Crippen molar-refractivity contribution >= 4 is 25.6 Å². The largest absolute Gasteiger partial charge is 0.379 e. The van der Waals surface area contributed by atoms with Gasteiger partial charge in [-0.1, -0.05) is 6.07 Å². The Bertz CT molecular complexity index is 666. The highest BCUT2D eigenvalue weighted by Crippen LogP contribution is 2.25. The number of hydrogen-bond donors (Lipinski definition) is 0. The Morgan fingerprint density at radius 1 is 1.33 bits per heavy atom. The normalized spacial score (nSPS) is 18.8. The van der Waals surface area contributed by atoms with Gasteiger partial charge in [-0.3, -0.25) is 4.79 Å². The van der Waals surface area contributed by atoms with Crippen LogP contribution in [0.3, 0.4) is 0 Å². The van der Waals surface area contributed by atoms with Crippen molar-refractivity contribution in [2.75, 3.05) is 20.3 Å². The van der Waals surface area contributed by atoms with Gasteiger partial charge in [-0.15, -0.1) is 0 Å². The van der Waals surface area contributed by atoms with Crippen LogP contribution in [0.15, 0.2) is 17.0 Å². The lowest BCUT2D eigenvalue weighted by atomic mass is 10.0. The van der Waals surface area contributed by atoms with Crippen LogP contribution >= 0.6 is 10.7 Å². The molecule has 1 atom stereocenters. The number of likely N-dealkylation sites (N-methyl/N-ethyl adjacent to an activating group) is 1. The third-order valence-corrected chi connectivity index (χ3v) is 5.25. The van der Waals surface area contributed by atoms with Gasteiger partial charge in [0.05, 0.1) is 17.5 Å². The van der Waals surface area contributed by atoms with Crippen LogP contribution in [0.25, 0.3) is 0 Å². The van der Waals surface area contributed by atoms with E-state index in [9.17, 15) is 13.2 Å². The fourth-order valence-electron chi connectivity index (χ4n) is 2.51. The molecule has 1 saturated heterocycles. The number of rotatable bonds is 3. The van der Waals surface area contributed by atoms with Crippen molar-refractivity contribution in [2.24, 2.45) is 0 Å². The molecule has 1 heterocycles. The second kappa shape index (κ2) is 5.94. The standard InChI is InChI=1S/C14H18ClNO4S/c1-9-6-10(2)13(21(15,18)19)7-12(9)14(17)16(3)11-4-5-20-8-11/h6-7,11H,4-5,8H2,1-3H3. The fourth-order valence-corrected chi connectivity index (χ4v) is 3.71. The van der Waals surface area contributed by atoms with E-state index in [1.54, 1.807) is 31.9 Å². The van der Waals surface area contributed by atoms with E-state index in [0.29, 0.717) is 24.3 Å². The molecular formula is C14H18ClNO4S. The molecule has 21 heavy (non-hydrogen) atoms. The van der Waals surface area contributed by atoms with E-state index in [-0.39, 0.29) is 16.8 Å². The number of carbonyl (C=O) groups excluding carboxylic acids is 1. The van der Waals surface area contributed by atoms with Crippen LogP contribution in [-0.2, 0) is 13.8 Å². The summed E-state index contributed by atoms with van der Waals surface area (Å²) in [6.45, 7) is 4.58. The Morgan fingerprint density at radius 3 is 2.52 bits per heavy atom. The van der Waals surface area contributed by atoms with Gasteiger partial charge < -0.3 is 9.64 Å². The van der Waals surface area contributed by atoms with Crippen molar-refractivity contribution in [3.8, 4) is 0 Å². The molecule has 0 radical (unpaired) electrons. The number of nitrogens with zero attached hydrogens (tertiary/aromatic N) is 1. The second-order valence-electron chi connectivity index (χ2n) is 5.30. The Kier molecular flexibility index (Phi) is 4.60. The monoisotopic (exact) mass is 331 g/mol. The molecule has 0 saturated carbocycles. The Morgan fingerprint density at radius 2 is 2.00 bits per heavy atom. The zero-order valence-electron chi connectivity index (χ0n) is 12.2. The number of halogens is 1. The smallest absolute Gasteiger partial charge is 0.261 e. The predicted octanol–water partition coefficient (Wildman–Crippen LogP) is 2.09. The van der Waals surface area contributed by atoms with Crippen molar-refractivity contribution in [1.82, 2.24) is 4.90 Å². The van der Waals surface area contributed by atoms with Crippen molar-refractivity contribution < 1.29 is 17.9 Å². The topological polar surface area (TPSA) is 63.7 Å². The molecule has 1 aromatic rings. The van der Waals surface area contributed by atoms with E-state index in [1.807, 2.05) is 0 Å². The quantitative estimate of drug-likeness (QED) is 0.796. The first kappa shape index (κ1) is 16.3. The van der Waals surface area contributed by atoms with Gasteiger partial charge in [0.15, 0.2) is 0 Å². The Balaban J connectivity index is 2.41. The molecule has 2 rings (SSSR count). The highest BCUT2D eigenvalue weighted by molar-refractivity contribution is 8.13. The van der Waals surface area contributed by atoms with E-state index in [1.165, 1.54) is 6.07 Å². The van der Waals surface area contributed by atoms with E-state index >= 15 is 0 Å². The molecule has 0 spiro atoms. The van der Waals surface area contributed by atoms with Crippen LogP contribution in [0.2, 0.25) is 0 Å². The summed E-state index contributed by atoms with van der Waals surface area (Å²) in [4.78, 5) is 14.2. The molecule has 1 fully saturated rings. The molecule has 1 aliphatic heterocycles. The summed E-state index contributed by atoms with van der Waals surface area (Å²) in [5.41, 5.74) is 1.62. The maximum absolute atomic E-state index is 12.6. The highest BCUT2D eigenvalue weighted by Gasteiger charge is 2.27. The van der Waals surface area contributed by atoms with Crippen LogP contribution < -0.4 is 0 Å². The molecule has 0 aromatic heterocycles. The number of ether oxygens (including phenoxy) is 1. The number of benzene rings is 1. The molecule has 1 amide bonds. The second-order valence-corrected chi connectivity index (χ2v) is 7.84. The molecule has 5 nitrogen and oxygen atoms in total. The van der Waals surface area contributed by atoms with Gasteiger partial charge in [0.1, 0.15) is 0 Å². The van der Waals surface area contributed by atoms with Gasteiger partial charge in [0.2, 0.25) is 0 Å². The molecule has 1 aromatic carbocycles. The molecule has 0 bridgehead atoms. The fraction of sp³-hybridized carbons (Fsp3) is 0.500. The number of carbonyl (C=O) groups is 1. The lowest BCUT2D eigenvalue weighted by Gasteiger charge is -2.24. The minimum absolute atomic E-state index is 0.0193. The summed E-state index contributed by atoms with van der Waals surface area (Å²) >= 11 is 0. The van der Waals surface area contributed by atoms with Gasteiger partial charge >= 0.3 is 0 Å². The summed E-state index contributed by atoms with van der Waals surface area (Å²) in [5.74, 6) is -0.218. The van der Waals surface area contributed by atoms with E-state index in [4.69, 9.17) is 15.4 Å².